The number of amides is 1. The number of rotatable bonds is 2. The van der Waals surface area contributed by atoms with Crippen LogP contribution < -0.4 is 16.0 Å². The van der Waals surface area contributed by atoms with E-state index in [1.807, 2.05) is 19.1 Å². The number of carbonyl (C=O) groups is 1. The maximum absolute atomic E-state index is 11.9. The number of nitrogens with zero attached hydrogens (tertiary/aromatic N) is 1. The maximum Gasteiger partial charge on any atom is 0.244 e. The molecule has 0 bridgehead atoms. The first-order valence-electron chi connectivity index (χ1n) is 6.14. The van der Waals surface area contributed by atoms with E-state index in [0.29, 0.717) is 6.54 Å². The molecule has 3 N–H and O–H groups in total. The lowest BCUT2D eigenvalue weighted by Crippen LogP contribution is -2.49. The molecule has 1 amide bonds. The number of nitrogens with two attached hydrogens (primary N) is 1. The SMILES string of the molecule is Cc1cc(N2CCCNC(=O)C2CN)ccc1Br. The first kappa shape index (κ1) is 13.4. The third-order valence-corrected chi connectivity index (χ3v) is 4.14. The first-order valence-corrected chi connectivity index (χ1v) is 6.93. The molecule has 0 spiro atoms. The average Bonchev–Trinajstić information content (AvgIpc) is 2.54. The Labute approximate surface area is 116 Å². The number of benzene rings is 1. The quantitative estimate of drug-likeness (QED) is 0.868. The third-order valence-electron chi connectivity index (χ3n) is 3.25. The molecule has 0 aromatic heterocycles. The van der Waals surface area contributed by atoms with Crippen molar-refractivity contribution in [1.82, 2.24) is 5.32 Å². The van der Waals surface area contributed by atoms with Crippen LogP contribution in [0.25, 0.3) is 0 Å². The summed E-state index contributed by atoms with van der Waals surface area (Å²) >= 11 is 3.49. The summed E-state index contributed by atoms with van der Waals surface area (Å²) in [7, 11) is 0. The van der Waals surface area contributed by atoms with Gasteiger partial charge < -0.3 is 16.0 Å². The third kappa shape index (κ3) is 2.67. The number of carbonyl (C=O) groups excluding carboxylic acids is 1. The smallest absolute Gasteiger partial charge is 0.244 e. The van der Waals surface area contributed by atoms with Crippen molar-refractivity contribution in [2.24, 2.45) is 5.73 Å². The molecule has 1 aliphatic heterocycles. The minimum Gasteiger partial charge on any atom is -0.358 e. The molecule has 1 aromatic rings. The summed E-state index contributed by atoms with van der Waals surface area (Å²) in [5.41, 5.74) is 7.97. The van der Waals surface area contributed by atoms with Crippen LogP contribution in [0.4, 0.5) is 5.69 Å². The van der Waals surface area contributed by atoms with Gasteiger partial charge >= 0.3 is 0 Å². The van der Waals surface area contributed by atoms with E-state index in [1.165, 1.54) is 0 Å². The standard InChI is InChI=1S/C13H18BrN3O/c1-9-7-10(3-4-11(9)14)17-6-2-5-16-13(18)12(17)8-15/h3-4,7,12H,2,5-6,8,15H2,1H3,(H,16,18). The Bertz CT molecular complexity index is 450. The number of hydrogen-bond acceptors (Lipinski definition) is 3. The van der Waals surface area contributed by atoms with E-state index in [0.717, 1.165) is 35.2 Å². The Morgan fingerprint density at radius 3 is 3.00 bits per heavy atom. The molecule has 0 saturated carbocycles. The molecule has 1 atom stereocenters. The second-order valence-corrected chi connectivity index (χ2v) is 5.38. The van der Waals surface area contributed by atoms with Crippen molar-refractivity contribution in [1.29, 1.82) is 0 Å². The normalized spacial score (nSPS) is 20.5. The van der Waals surface area contributed by atoms with Gasteiger partial charge in [0, 0.05) is 29.8 Å². The van der Waals surface area contributed by atoms with Gasteiger partial charge in [-0.2, -0.15) is 0 Å². The van der Waals surface area contributed by atoms with Crippen molar-refractivity contribution in [2.45, 2.75) is 19.4 Å². The van der Waals surface area contributed by atoms with Gasteiger partial charge in [0.25, 0.3) is 0 Å². The van der Waals surface area contributed by atoms with Crippen LogP contribution in [-0.4, -0.2) is 31.6 Å². The first-order chi connectivity index (χ1) is 8.63. The maximum atomic E-state index is 11.9. The number of nitrogens with one attached hydrogen (secondary N) is 1. The fraction of sp³-hybridized carbons (Fsp3) is 0.462. The zero-order valence-corrected chi connectivity index (χ0v) is 12.0. The Hall–Kier alpha value is -1.07. The van der Waals surface area contributed by atoms with Gasteiger partial charge in [0.05, 0.1) is 0 Å². The van der Waals surface area contributed by atoms with Crippen LogP contribution in [0.5, 0.6) is 0 Å². The van der Waals surface area contributed by atoms with E-state index in [-0.39, 0.29) is 11.9 Å². The minimum atomic E-state index is -0.270. The summed E-state index contributed by atoms with van der Waals surface area (Å²) in [6.07, 6.45) is 0.942. The van der Waals surface area contributed by atoms with Crippen LogP contribution in [-0.2, 0) is 4.79 Å². The van der Waals surface area contributed by atoms with Gasteiger partial charge in [0.2, 0.25) is 5.91 Å². The van der Waals surface area contributed by atoms with Crippen molar-refractivity contribution < 1.29 is 4.79 Å². The zero-order chi connectivity index (χ0) is 13.1. The van der Waals surface area contributed by atoms with E-state index < -0.39 is 0 Å². The Kier molecular flexibility index (Phi) is 4.24. The van der Waals surface area contributed by atoms with E-state index >= 15 is 0 Å². The summed E-state index contributed by atoms with van der Waals surface area (Å²) in [6.45, 7) is 3.95. The number of anilines is 1. The second kappa shape index (κ2) is 5.71. The number of aryl methyl sites for hydroxylation is 1. The van der Waals surface area contributed by atoms with Crippen LogP contribution in [0.3, 0.4) is 0 Å². The van der Waals surface area contributed by atoms with E-state index in [1.54, 1.807) is 0 Å². The molecule has 0 aliphatic carbocycles. The van der Waals surface area contributed by atoms with Gasteiger partial charge in [0.15, 0.2) is 0 Å². The molecular weight excluding hydrogens is 294 g/mol. The van der Waals surface area contributed by atoms with Crippen molar-refractivity contribution in [3.63, 3.8) is 0 Å². The lowest BCUT2D eigenvalue weighted by Gasteiger charge is -2.30. The van der Waals surface area contributed by atoms with Crippen molar-refractivity contribution in [2.75, 3.05) is 24.5 Å². The largest absolute Gasteiger partial charge is 0.358 e. The molecule has 1 heterocycles. The summed E-state index contributed by atoms with van der Waals surface area (Å²) in [5, 5.41) is 2.90. The molecule has 1 aromatic carbocycles. The van der Waals surface area contributed by atoms with E-state index in [4.69, 9.17) is 5.73 Å². The summed E-state index contributed by atoms with van der Waals surface area (Å²) in [4.78, 5) is 14.0. The highest BCUT2D eigenvalue weighted by atomic mass is 79.9. The number of hydrogen-bond donors (Lipinski definition) is 2. The molecule has 2 rings (SSSR count). The summed E-state index contributed by atoms with van der Waals surface area (Å²) < 4.78 is 1.08. The van der Waals surface area contributed by atoms with Gasteiger partial charge in [-0.25, -0.2) is 0 Å². The Morgan fingerprint density at radius 2 is 2.33 bits per heavy atom. The molecule has 1 unspecified atom stereocenters. The van der Waals surface area contributed by atoms with Gasteiger partial charge in [-0.1, -0.05) is 15.9 Å². The highest BCUT2D eigenvalue weighted by molar-refractivity contribution is 9.10. The Balaban J connectivity index is 2.32. The molecule has 5 heteroatoms. The second-order valence-electron chi connectivity index (χ2n) is 4.52. The van der Waals surface area contributed by atoms with Gasteiger partial charge in [-0.3, -0.25) is 4.79 Å². The van der Waals surface area contributed by atoms with Crippen LogP contribution in [0, 0.1) is 6.92 Å². The van der Waals surface area contributed by atoms with Gasteiger partial charge in [-0.15, -0.1) is 0 Å². The average molecular weight is 312 g/mol. The molecule has 1 saturated heterocycles. The van der Waals surface area contributed by atoms with Crippen molar-refractivity contribution in [3.8, 4) is 0 Å². The lowest BCUT2D eigenvalue weighted by atomic mass is 10.1. The van der Waals surface area contributed by atoms with Crippen molar-refractivity contribution in [3.05, 3.63) is 28.2 Å². The fourth-order valence-electron chi connectivity index (χ4n) is 2.23. The van der Waals surface area contributed by atoms with Crippen molar-refractivity contribution >= 4 is 27.5 Å². The summed E-state index contributed by atoms with van der Waals surface area (Å²) in [5.74, 6) is 0.0237. The molecule has 98 valence electrons. The van der Waals surface area contributed by atoms with E-state index in [2.05, 4.69) is 32.2 Å². The van der Waals surface area contributed by atoms with E-state index in [9.17, 15) is 4.79 Å². The molecule has 18 heavy (non-hydrogen) atoms. The molecule has 0 radical (unpaired) electrons. The zero-order valence-electron chi connectivity index (χ0n) is 10.4. The number of halogens is 1. The van der Waals surface area contributed by atoms with Gasteiger partial charge in [-0.05, 0) is 37.1 Å². The predicted molar refractivity (Wildman–Crippen MR) is 76.7 cm³/mol. The molecule has 4 nitrogen and oxygen atoms in total. The Morgan fingerprint density at radius 1 is 1.56 bits per heavy atom. The van der Waals surface area contributed by atoms with Gasteiger partial charge in [0.1, 0.15) is 6.04 Å². The minimum absolute atomic E-state index is 0.0237. The predicted octanol–water partition coefficient (Wildman–Crippen LogP) is 1.41. The summed E-state index contributed by atoms with van der Waals surface area (Å²) in [6, 6.07) is 5.86. The van der Waals surface area contributed by atoms with Crippen LogP contribution in [0.2, 0.25) is 0 Å². The molecule has 1 aliphatic rings. The highest BCUT2D eigenvalue weighted by Gasteiger charge is 2.27. The highest BCUT2D eigenvalue weighted by Crippen LogP contribution is 2.25. The molecular formula is C13H18BrN3O. The lowest BCUT2D eigenvalue weighted by molar-refractivity contribution is -0.121. The monoisotopic (exact) mass is 311 g/mol. The molecule has 1 fully saturated rings. The fourth-order valence-corrected chi connectivity index (χ4v) is 2.47. The van der Waals surface area contributed by atoms with Crippen LogP contribution >= 0.6 is 15.9 Å². The van der Waals surface area contributed by atoms with Crippen LogP contribution in [0.1, 0.15) is 12.0 Å². The van der Waals surface area contributed by atoms with Crippen LogP contribution in [0.15, 0.2) is 22.7 Å². The topological polar surface area (TPSA) is 58.4 Å².